The van der Waals surface area contributed by atoms with Gasteiger partial charge in [0.05, 0.1) is 6.54 Å². The monoisotopic (exact) mass is 323 g/mol. The molecule has 2 aromatic rings. The molecule has 1 amide bonds. The third-order valence-electron chi connectivity index (χ3n) is 2.86. The highest BCUT2D eigenvalue weighted by atomic mass is 32.2. The van der Waals surface area contributed by atoms with Gasteiger partial charge in [0.1, 0.15) is 5.76 Å². The first-order valence-electron chi connectivity index (χ1n) is 6.59. The molecule has 1 aromatic heterocycles. The minimum Gasteiger partial charge on any atom is -0.455 e. The van der Waals surface area contributed by atoms with E-state index in [1.807, 2.05) is 30.3 Å². The highest BCUT2D eigenvalue weighted by Crippen LogP contribution is 2.07. The SMILES string of the molecule is CNC(=O)c1ccc(CNS(=O)(=O)NCc2ccccc2)o1. The second-order valence-corrected chi connectivity index (χ2v) is 6.06. The number of amides is 1. The van der Waals surface area contributed by atoms with Crippen LogP contribution in [0.15, 0.2) is 46.9 Å². The predicted octanol–water partition coefficient (Wildman–Crippen LogP) is 0.763. The molecule has 0 unspecified atom stereocenters. The van der Waals surface area contributed by atoms with E-state index >= 15 is 0 Å². The van der Waals surface area contributed by atoms with E-state index in [1.54, 1.807) is 6.07 Å². The number of nitrogens with one attached hydrogen (secondary N) is 3. The molecule has 2 rings (SSSR count). The van der Waals surface area contributed by atoms with Crippen molar-refractivity contribution in [1.82, 2.24) is 14.8 Å². The summed E-state index contributed by atoms with van der Waals surface area (Å²) in [5.74, 6) is 0.119. The lowest BCUT2D eigenvalue weighted by molar-refractivity contribution is 0.0934. The number of hydrogen-bond acceptors (Lipinski definition) is 4. The van der Waals surface area contributed by atoms with E-state index < -0.39 is 10.2 Å². The van der Waals surface area contributed by atoms with E-state index in [9.17, 15) is 13.2 Å². The molecule has 0 aliphatic rings. The van der Waals surface area contributed by atoms with Gasteiger partial charge in [0.25, 0.3) is 16.1 Å². The summed E-state index contributed by atoms with van der Waals surface area (Å²) in [7, 11) is -2.17. The lowest BCUT2D eigenvalue weighted by atomic mass is 10.2. The van der Waals surface area contributed by atoms with Crippen molar-refractivity contribution >= 4 is 16.1 Å². The number of carbonyl (C=O) groups is 1. The Bertz CT molecular complexity index is 726. The van der Waals surface area contributed by atoms with Crippen LogP contribution in [0.25, 0.3) is 0 Å². The molecule has 0 saturated carbocycles. The Morgan fingerprint density at radius 3 is 2.41 bits per heavy atom. The highest BCUT2D eigenvalue weighted by Gasteiger charge is 2.13. The van der Waals surface area contributed by atoms with Crippen molar-refractivity contribution in [3.63, 3.8) is 0 Å². The Morgan fingerprint density at radius 1 is 1.05 bits per heavy atom. The molecule has 0 radical (unpaired) electrons. The Hall–Kier alpha value is -2.16. The van der Waals surface area contributed by atoms with Crippen LogP contribution in [-0.2, 0) is 23.3 Å². The van der Waals surface area contributed by atoms with Gasteiger partial charge >= 0.3 is 0 Å². The van der Waals surface area contributed by atoms with Crippen LogP contribution < -0.4 is 14.8 Å². The van der Waals surface area contributed by atoms with Crippen LogP contribution in [0.5, 0.6) is 0 Å². The van der Waals surface area contributed by atoms with Crippen LogP contribution in [-0.4, -0.2) is 21.4 Å². The van der Waals surface area contributed by atoms with Crippen molar-refractivity contribution in [2.24, 2.45) is 0 Å². The van der Waals surface area contributed by atoms with Crippen LogP contribution in [0.3, 0.4) is 0 Å². The molecular formula is C14H17N3O4S. The zero-order chi connectivity index (χ0) is 16.0. The van der Waals surface area contributed by atoms with Gasteiger partial charge < -0.3 is 9.73 Å². The van der Waals surface area contributed by atoms with E-state index in [0.29, 0.717) is 5.76 Å². The van der Waals surface area contributed by atoms with Gasteiger partial charge in [-0.3, -0.25) is 4.79 Å². The topological polar surface area (TPSA) is 100 Å². The maximum atomic E-state index is 11.8. The van der Waals surface area contributed by atoms with Crippen molar-refractivity contribution in [2.45, 2.75) is 13.1 Å². The molecule has 8 heteroatoms. The van der Waals surface area contributed by atoms with Crippen LogP contribution in [0, 0.1) is 0 Å². The maximum absolute atomic E-state index is 11.8. The Kier molecular flexibility index (Phi) is 5.31. The molecule has 1 aromatic carbocycles. The summed E-state index contributed by atoms with van der Waals surface area (Å²) >= 11 is 0. The molecule has 1 heterocycles. The molecule has 0 aliphatic heterocycles. The number of hydrogen-bond donors (Lipinski definition) is 3. The first kappa shape index (κ1) is 16.2. The third-order valence-corrected chi connectivity index (χ3v) is 3.91. The molecule has 0 aliphatic carbocycles. The van der Waals surface area contributed by atoms with E-state index in [0.717, 1.165) is 5.56 Å². The second kappa shape index (κ2) is 7.21. The summed E-state index contributed by atoms with van der Waals surface area (Å²) in [5.41, 5.74) is 0.854. The highest BCUT2D eigenvalue weighted by molar-refractivity contribution is 7.87. The van der Waals surface area contributed by atoms with Crippen LogP contribution in [0.4, 0.5) is 0 Å². The number of benzene rings is 1. The van der Waals surface area contributed by atoms with Crippen LogP contribution in [0.1, 0.15) is 21.9 Å². The van der Waals surface area contributed by atoms with Crippen molar-refractivity contribution in [3.8, 4) is 0 Å². The van der Waals surface area contributed by atoms with Crippen molar-refractivity contribution in [2.75, 3.05) is 7.05 Å². The van der Waals surface area contributed by atoms with Gasteiger partial charge in [0.2, 0.25) is 0 Å². The lowest BCUT2D eigenvalue weighted by Crippen LogP contribution is -2.35. The molecule has 118 valence electrons. The summed E-state index contributed by atoms with van der Waals surface area (Å²) in [6, 6.07) is 12.2. The fourth-order valence-corrected chi connectivity index (χ4v) is 2.50. The summed E-state index contributed by atoms with van der Waals surface area (Å²) in [5, 5.41) is 2.42. The average Bonchev–Trinajstić information content (AvgIpc) is 3.01. The molecule has 7 nitrogen and oxygen atoms in total. The molecular weight excluding hydrogens is 306 g/mol. The zero-order valence-electron chi connectivity index (χ0n) is 12.0. The second-order valence-electron chi connectivity index (χ2n) is 4.48. The zero-order valence-corrected chi connectivity index (χ0v) is 12.8. The molecule has 0 atom stereocenters. The van der Waals surface area contributed by atoms with Crippen molar-refractivity contribution in [3.05, 3.63) is 59.5 Å². The number of furan rings is 1. The largest absolute Gasteiger partial charge is 0.455 e. The smallest absolute Gasteiger partial charge is 0.286 e. The average molecular weight is 323 g/mol. The molecule has 0 fully saturated rings. The Balaban J connectivity index is 1.87. The summed E-state index contributed by atoms with van der Waals surface area (Å²) in [6.45, 7) is 0.152. The first-order chi connectivity index (χ1) is 10.5. The van der Waals surface area contributed by atoms with E-state index in [-0.39, 0.29) is 24.8 Å². The molecule has 0 spiro atoms. The van der Waals surface area contributed by atoms with E-state index in [4.69, 9.17) is 4.42 Å². The maximum Gasteiger partial charge on any atom is 0.286 e. The van der Waals surface area contributed by atoms with Crippen LogP contribution in [0.2, 0.25) is 0 Å². The van der Waals surface area contributed by atoms with Gasteiger partial charge in [-0.2, -0.15) is 17.9 Å². The van der Waals surface area contributed by atoms with Gasteiger partial charge in [0, 0.05) is 13.6 Å². The Labute approximate surface area is 128 Å². The number of rotatable bonds is 7. The standard InChI is InChI=1S/C14H17N3O4S/c1-15-14(18)13-8-7-12(21-13)10-17-22(19,20)16-9-11-5-3-2-4-6-11/h2-8,16-17H,9-10H2,1H3,(H,15,18). The third kappa shape index (κ3) is 4.69. The molecule has 0 bridgehead atoms. The van der Waals surface area contributed by atoms with Crippen molar-refractivity contribution < 1.29 is 17.6 Å². The normalized spacial score (nSPS) is 11.3. The first-order valence-corrected chi connectivity index (χ1v) is 8.07. The predicted molar refractivity (Wildman–Crippen MR) is 81.1 cm³/mol. The summed E-state index contributed by atoms with van der Waals surface area (Å²) in [4.78, 5) is 11.3. The minimum absolute atomic E-state index is 0.0406. The number of carbonyl (C=O) groups excluding carboxylic acids is 1. The summed E-state index contributed by atoms with van der Waals surface area (Å²) in [6.07, 6.45) is 0. The van der Waals surface area contributed by atoms with Crippen molar-refractivity contribution in [1.29, 1.82) is 0 Å². The van der Waals surface area contributed by atoms with Crippen LogP contribution >= 0.6 is 0 Å². The van der Waals surface area contributed by atoms with Gasteiger partial charge in [-0.25, -0.2) is 0 Å². The van der Waals surface area contributed by atoms with E-state index in [1.165, 1.54) is 13.1 Å². The quantitative estimate of drug-likeness (QED) is 0.700. The molecule has 0 saturated heterocycles. The van der Waals surface area contributed by atoms with E-state index in [2.05, 4.69) is 14.8 Å². The van der Waals surface area contributed by atoms with Gasteiger partial charge in [-0.15, -0.1) is 0 Å². The lowest BCUT2D eigenvalue weighted by Gasteiger charge is -2.07. The van der Waals surface area contributed by atoms with Gasteiger partial charge in [-0.1, -0.05) is 30.3 Å². The summed E-state index contributed by atoms with van der Waals surface area (Å²) < 4.78 is 33.7. The Morgan fingerprint density at radius 2 is 1.73 bits per heavy atom. The molecule has 22 heavy (non-hydrogen) atoms. The molecule has 3 N–H and O–H groups in total. The minimum atomic E-state index is -3.66. The fourth-order valence-electron chi connectivity index (χ4n) is 1.71. The van der Waals surface area contributed by atoms with Gasteiger partial charge in [-0.05, 0) is 17.7 Å². The van der Waals surface area contributed by atoms with Gasteiger partial charge in [0.15, 0.2) is 5.76 Å². The fraction of sp³-hybridized carbons (Fsp3) is 0.214.